The molecule has 68 valence electrons. The maximum absolute atomic E-state index is 2.20. The van der Waals surface area contributed by atoms with Crippen LogP contribution >= 0.6 is 0 Å². The fourth-order valence-electron chi connectivity index (χ4n) is 1.99. The van der Waals surface area contributed by atoms with E-state index in [0.717, 1.165) is 0 Å². The van der Waals surface area contributed by atoms with Crippen LogP contribution in [-0.2, 0) is 7.05 Å². The molecular weight excluding hydrogens is 172 g/mol. The molecule has 0 saturated carbocycles. The Balaban J connectivity index is 2.69. The Hall–Kier alpha value is -1.83. The van der Waals surface area contributed by atoms with Crippen LogP contribution in [0.3, 0.4) is 0 Å². The molecular formula is C12H11N2+. The molecule has 0 unspecified atom stereocenters. The van der Waals surface area contributed by atoms with E-state index in [2.05, 4.69) is 64.7 Å². The first kappa shape index (κ1) is 7.56. The van der Waals surface area contributed by atoms with Crippen molar-refractivity contribution < 1.29 is 4.57 Å². The van der Waals surface area contributed by atoms with E-state index in [0.29, 0.717) is 0 Å². The van der Waals surface area contributed by atoms with Crippen molar-refractivity contribution in [3.63, 3.8) is 0 Å². The maximum Gasteiger partial charge on any atom is 0.286 e. The van der Waals surface area contributed by atoms with Gasteiger partial charge in [0.05, 0.1) is 13.2 Å². The first-order chi connectivity index (χ1) is 6.88. The zero-order valence-corrected chi connectivity index (χ0v) is 8.01. The van der Waals surface area contributed by atoms with Crippen LogP contribution in [0.25, 0.3) is 16.7 Å². The number of nitrogens with zero attached hydrogens (tertiary/aromatic N) is 2. The van der Waals surface area contributed by atoms with Gasteiger partial charge in [0, 0.05) is 6.07 Å². The van der Waals surface area contributed by atoms with Gasteiger partial charge in [0.15, 0.2) is 11.0 Å². The van der Waals surface area contributed by atoms with Gasteiger partial charge in [-0.2, -0.15) is 4.40 Å². The van der Waals surface area contributed by atoms with Gasteiger partial charge < -0.3 is 0 Å². The summed E-state index contributed by atoms with van der Waals surface area (Å²) in [5.41, 5.74) is 3.73. The summed E-state index contributed by atoms with van der Waals surface area (Å²) in [5.74, 6) is 0. The number of pyridine rings is 1. The van der Waals surface area contributed by atoms with Gasteiger partial charge in [-0.1, -0.05) is 18.2 Å². The number of hydrogen-bond acceptors (Lipinski definition) is 0. The predicted octanol–water partition coefficient (Wildman–Crippen LogP) is 1.92. The Labute approximate surface area is 82.0 Å². The molecule has 0 aliphatic rings. The van der Waals surface area contributed by atoms with Crippen LogP contribution < -0.4 is 4.57 Å². The fourth-order valence-corrected chi connectivity index (χ4v) is 1.99. The topological polar surface area (TPSA) is 8.29 Å². The summed E-state index contributed by atoms with van der Waals surface area (Å²) in [5, 5.41) is 0. The van der Waals surface area contributed by atoms with E-state index < -0.39 is 0 Å². The first-order valence-corrected chi connectivity index (χ1v) is 4.72. The van der Waals surface area contributed by atoms with Crippen LogP contribution in [0.4, 0.5) is 0 Å². The van der Waals surface area contributed by atoms with Crippen LogP contribution in [0.5, 0.6) is 0 Å². The van der Waals surface area contributed by atoms with Gasteiger partial charge in [0.1, 0.15) is 0 Å². The molecule has 0 aliphatic heterocycles. The van der Waals surface area contributed by atoms with Gasteiger partial charge in [-0.25, -0.2) is 4.57 Å². The van der Waals surface area contributed by atoms with Crippen molar-refractivity contribution in [2.75, 3.05) is 0 Å². The largest absolute Gasteiger partial charge is 0.286 e. The molecule has 1 aromatic carbocycles. The molecule has 0 saturated heterocycles. The second kappa shape index (κ2) is 2.58. The minimum Gasteiger partial charge on any atom is -0.226 e. The summed E-state index contributed by atoms with van der Waals surface area (Å²) >= 11 is 0. The molecule has 0 N–H and O–H groups in total. The summed E-state index contributed by atoms with van der Waals surface area (Å²) in [6.07, 6.45) is 2.09. The molecule has 0 spiro atoms. The third kappa shape index (κ3) is 0.826. The number of hydrogen-bond donors (Lipinski definition) is 0. The Morgan fingerprint density at radius 3 is 2.71 bits per heavy atom. The number of para-hydroxylation sites is 2. The van der Waals surface area contributed by atoms with E-state index in [1.807, 2.05) is 0 Å². The van der Waals surface area contributed by atoms with Gasteiger partial charge in [-0.3, -0.25) is 0 Å². The second-order valence-electron chi connectivity index (χ2n) is 3.48. The molecule has 3 aromatic rings. The van der Waals surface area contributed by atoms with E-state index in [4.69, 9.17) is 0 Å². The lowest BCUT2D eigenvalue weighted by Gasteiger charge is -1.85. The zero-order chi connectivity index (χ0) is 9.54. The van der Waals surface area contributed by atoms with E-state index in [1.165, 1.54) is 16.7 Å². The quantitative estimate of drug-likeness (QED) is 0.471. The number of aromatic nitrogens is 2. The number of aryl methyl sites for hydroxylation is 1. The molecule has 2 nitrogen and oxygen atoms in total. The lowest BCUT2D eigenvalue weighted by molar-refractivity contribution is -0.618. The van der Waals surface area contributed by atoms with Crippen LogP contribution in [0.2, 0.25) is 0 Å². The summed E-state index contributed by atoms with van der Waals surface area (Å²) in [4.78, 5) is 0. The Morgan fingerprint density at radius 1 is 1.00 bits per heavy atom. The molecule has 0 aliphatic carbocycles. The van der Waals surface area contributed by atoms with E-state index in [1.54, 1.807) is 0 Å². The summed E-state index contributed by atoms with van der Waals surface area (Å²) < 4.78 is 4.41. The lowest BCUT2D eigenvalue weighted by Crippen LogP contribution is -2.26. The molecule has 0 bridgehead atoms. The van der Waals surface area contributed by atoms with Crippen molar-refractivity contribution in [2.45, 2.75) is 0 Å². The zero-order valence-electron chi connectivity index (χ0n) is 8.01. The predicted molar refractivity (Wildman–Crippen MR) is 56.1 cm³/mol. The van der Waals surface area contributed by atoms with Gasteiger partial charge in [0.2, 0.25) is 0 Å². The Kier molecular flexibility index (Phi) is 1.39. The highest BCUT2D eigenvalue weighted by Gasteiger charge is 2.13. The monoisotopic (exact) mass is 183 g/mol. The third-order valence-corrected chi connectivity index (χ3v) is 2.68. The van der Waals surface area contributed by atoms with Crippen molar-refractivity contribution in [3.05, 3.63) is 48.7 Å². The van der Waals surface area contributed by atoms with Gasteiger partial charge in [-0.15, -0.1) is 0 Å². The molecule has 14 heavy (non-hydrogen) atoms. The summed E-state index contributed by atoms with van der Waals surface area (Å²) in [7, 11) is 2.09. The normalized spacial score (nSPS) is 11.2. The van der Waals surface area contributed by atoms with Crippen molar-refractivity contribution in [1.29, 1.82) is 0 Å². The average molecular weight is 183 g/mol. The van der Waals surface area contributed by atoms with E-state index in [9.17, 15) is 0 Å². The van der Waals surface area contributed by atoms with Crippen LogP contribution in [0.15, 0.2) is 48.7 Å². The molecule has 0 radical (unpaired) electrons. The third-order valence-electron chi connectivity index (χ3n) is 2.68. The van der Waals surface area contributed by atoms with E-state index in [-0.39, 0.29) is 0 Å². The van der Waals surface area contributed by atoms with E-state index >= 15 is 0 Å². The van der Waals surface area contributed by atoms with Crippen LogP contribution in [-0.4, -0.2) is 4.40 Å². The highest BCUT2D eigenvalue weighted by molar-refractivity contribution is 5.75. The van der Waals surface area contributed by atoms with Gasteiger partial charge >= 0.3 is 0 Å². The van der Waals surface area contributed by atoms with Gasteiger partial charge in [0.25, 0.3) is 5.65 Å². The molecule has 0 amide bonds. The number of fused-ring (bicyclic) bond motifs is 3. The molecule has 0 fully saturated rings. The molecule has 2 aromatic heterocycles. The SMILES string of the molecule is C[n+]1c2ccccc2n2ccccc21. The molecule has 0 atom stereocenters. The Morgan fingerprint density at radius 2 is 1.79 bits per heavy atom. The maximum atomic E-state index is 2.20. The summed E-state index contributed by atoms with van der Waals surface area (Å²) in [6, 6.07) is 14.7. The first-order valence-electron chi connectivity index (χ1n) is 4.72. The van der Waals surface area contributed by atoms with Crippen molar-refractivity contribution in [1.82, 2.24) is 4.40 Å². The fraction of sp³-hybridized carbons (Fsp3) is 0.0833. The Bertz CT molecular complexity index is 555. The number of rotatable bonds is 0. The minimum absolute atomic E-state index is 1.22. The average Bonchev–Trinajstić information content (AvgIpc) is 2.55. The van der Waals surface area contributed by atoms with Crippen molar-refractivity contribution in [2.24, 2.45) is 7.05 Å². The minimum atomic E-state index is 1.22. The summed E-state index contributed by atoms with van der Waals surface area (Å²) in [6.45, 7) is 0. The highest BCUT2D eigenvalue weighted by atomic mass is 15.1. The van der Waals surface area contributed by atoms with Gasteiger partial charge in [-0.05, 0) is 18.2 Å². The molecule has 2 heterocycles. The highest BCUT2D eigenvalue weighted by Crippen LogP contribution is 2.12. The smallest absolute Gasteiger partial charge is 0.226 e. The lowest BCUT2D eigenvalue weighted by atomic mass is 10.3. The number of benzene rings is 1. The number of imidazole rings is 1. The molecule has 2 heteroatoms. The molecule has 3 rings (SSSR count). The second-order valence-corrected chi connectivity index (χ2v) is 3.48. The van der Waals surface area contributed by atoms with Crippen LogP contribution in [0, 0.1) is 0 Å². The van der Waals surface area contributed by atoms with Crippen LogP contribution in [0.1, 0.15) is 0 Å². The standard InChI is InChI=1S/C12H11N2/c1-13-10-6-2-3-7-11(10)14-9-5-4-8-12(13)14/h2-9H,1H3/q+1. The van der Waals surface area contributed by atoms with Crippen molar-refractivity contribution in [3.8, 4) is 0 Å². The van der Waals surface area contributed by atoms with Crippen molar-refractivity contribution >= 4 is 16.7 Å².